The van der Waals surface area contributed by atoms with Crippen molar-refractivity contribution in [2.24, 2.45) is 0 Å². The average Bonchev–Trinajstić information content (AvgIpc) is 2.80. The number of ether oxygens (including phenoxy) is 1. The van der Waals surface area contributed by atoms with E-state index in [1.54, 1.807) is 43.3 Å². The molecule has 19 heavy (non-hydrogen) atoms. The van der Waals surface area contributed by atoms with Gasteiger partial charge < -0.3 is 9.15 Å². The van der Waals surface area contributed by atoms with Crippen molar-refractivity contribution in [2.45, 2.75) is 6.92 Å². The quantitative estimate of drug-likeness (QED) is 0.340. The van der Waals surface area contributed by atoms with E-state index >= 15 is 0 Å². The molecule has 2 heterocycles. The molecule has 4 nitrogen and oxygen atoms in total. The lowest BCUT2D eigenvalue weighted by Gasteiger charge is -2.15. The summed E-state index contributed by atoms with van der Waals surface area (Å²) in [6.07, 6.45) is 1.41. The first-order valence-corrected chi connectivity index (χ1v) is 5.79. The van der Waals surface area contributed by atoms with Crippen LogP contribution < -0.4 is 4.74 Å². The zero-order valence-corrected chi connectivity index (χ0v) is 10.2. The lowest BCUT2D eigenvalue weighted by molar-refractivity contribution is -0.130. The van der Waals surface area contributed by atoms with Gasteiger partial charge in [0.1, 0.15) is 22.8 Å². The topological polar surface area (TPSA) is 56.5 Å². The number of ketones is 1. The summed E-state index contributed by atoms with van der Waals surface area (Å²) >= 11 is 0. The molecule has 1 aromatic carbocycles. The Hall–Kier alpha value is -2.62. The fourth-order valence-corrected chi connectivity index (χ4v) is 1.93. The molecule has 2 aromatic rings. The second-order valence-corrected chi connectivity index (χ2v) is 4.22. The summed E-state index contributed by atoms with van der Waals surface area (Å²) in [7, 11) is 0. The Morgan fingerprint density at radius 3 is 2.58 bits per heavy atom. The molecule has 94 valence electrons. The van der Waals surface area contributed by atoms with Gasteiger partial charge in [-0.3, -0.25) is 4.79 Å². The molecule has 0 radical (unpaired) electrons. The summed E-state index contributed by atoms with van der Waals surface area (Å²) in [5.74, 6) is 0.463. The third-order valence-electron chi connectivity index (χ3n) is 2.85. The third kappa shape index (κ3) is 1.97. The number of fused-ring (bicyclic) bond motifs is 1. The van der Waals surface area contributed by atoms with Crippen molar-refractivity contribution < 1.29 is 18.7 Å². The molecule has 0 aliphatic carbocycles. The number of carbonyl (C=O) groups is 2. The minimum absolute atomic E-state index is 0.0203. The van der Waals surface area contributed by atoms with Crippen LogP contribution in [-0.4, -0.2) is 11.8 Å². The molecule has 3 rings (SSSR count). The molecular formula is C15H10O4. The van der Waals surface area contributed by atoms with E-state index in [-0.39, 0.29) is 11.4 Å². The number of hydrogen-bond acceptors (Lipinski definition) is 4. The zero-order valence-electron chi connectivity index (χ0n) is 10.2. The van der Waals surface area contributed by atoms with Gasteiger partial charge in [0.25, 0.3) is 0 Å². The van der Waals surface area contributed by atoms with E-state index in [1.807, 2.05) is 0 Å². The number of rotatable bonds is 1. The van der Waals surface area contributed by atoms with Crippen LogP contribution in [0.2, 0.25) is 0 Å². The molecule has 0 bridgehead atoms. The zero-order chi connectivity index (χ0) is 13.4. The van der Waals surface area contributed by atoms with Crippen molar-refractivity contribution >= 4 is 17.8 Å². The Bertz CT molecular complexity index is 706. The van der Waals surface area contributed by atoms with Gasteiger partial charge >= 0.3 is 5.97 Å². The number of aryl methyl sites for hydroxylation is 1. The fourth-order valence-electron chi connectivity index (χ4n) is 1.93. The normalized spacial score (nSPS) is 16.4. The molecule has 1 aliphatic rings. The van der Waals surface area contributed by atoms with E-state index in [9.17, 15) is 9.59 Å². The Labute approximate surface area is 109 Å². The van der Waals surface area contributed by atoms with Crippen LogP contribution in [0.15, 0.2) is 46.4 Å². The fraction of sp³-hybridized carbons (Fsp3) is 0.0667. The number of esters is 1. The summed E-state index contributed by atoms with van der Waals surface area (Å²) in [6, 6.07) is 10.1. The van der Waals surface area contributed by atoms with Gasteiger partial charge in [-0.15, -0.1) is 0 Å². The van der Waals surface area contributed by atoms with Crippen molar-refractivity contribution in [3.05, 3.63) is 59.1 Å². The van der Waals surface area contributed by atoms with Gasteiger partial charge in [-0.05, 0) is 37.3 Å². The van der Waals surface area contributed by atoms with Gasteiger partial charge in [-0.2, -0.15) is 0 Å². The van der Waals surface area contributed by atoms with E-state index in [4.69, 9.17) is 9.15 Å². The van der Waals surface area contributed by atoms with E-state index in [2.05, 4.69) is 0 Å². The summed E-state index contributed by atoms with van der Waals surface area (Å²) in [5, 5.41) is 0. The standard InChI is InChI=1S/C15H10O4/c1-9-6-7-10(18-9)8-12-14(16)11-4-2-3-5-13(11)19-15(12)17/h2-8H,1H3. The highest BCUT2D eigenvalue weighted by Gasteiger charge is 2.30. The summed E-state index contributed by atoms with van der Waals surface area (Å²) in [6.45, 7) is 1.79. The molecule has 0 N–H and O–H groups in total. The summed E-state index contributed by atoms with van der Waals surface area (Å²) in [4.78, 5) is 24.1. The molecule has 1 aliphatic heterocycles. The lowest BCUT2D eigenvalue weighted by atomic mass is 9.99. The Balaban J connectivity index is 2.07. The number of hydrogen-bond donors (Lipinski definition) is 0. The van der Waals surface area contributed by atoms with E-state index in [0.29, 0.717) is 22.8 Å². The molecule has 0 saturated carbocycles. The summed E-state index contributed by atoms with van der Waals surface area (Å²) in [5.41, 5.74) is 0.365. The number of furan rings is 1. The van der Waals surface area contributed by atoms with E-state index < -0.39 is 5.97 Å². The van der Waals surface area contributed by atoms with E-state index in [0.717, 1.165) is 0 Å². The summed E-state index contributed by atoms with van der Waals surface area (Å²) < 4.78 is 10.5. The second kappa shape index (κ2) is 4.24. The molecule has 0 spiro atoms. The first kappa shape index (κ1) is 11.5. The van der Waals surface area contributed by atoms with Crippen molar-refractivity contribution in [2.75, 3.05) is 0 Å². The van der Waals surface area contributed by atoms with Crippen LogP contribution in [-0.2, 0) is 4.79 Å². The van der Waals surface area contributed by atoms with Crippen LogP contribution >= 0.6 is 0 Å². The minimum Gasteiger partial charge on any atom is -0.462 e. The SMILES string of the molecule is Cc1ccc(C=C2C(=O)Oc3ccccc3C2=O)o1. The van der Waals surface area contributed by atoms with Gasteiger partial charge in [0.2, 0.25) is 5.78 Å². The van der Waals surface area contributed by atoms with Gasteiger partial charge in [0, 0.05) is 0 Å². The average molecular weight is 254 g/mol. The molecule has 0 unspecified atom stereocenters. The van der Waals surface area contributed by atoms with Crippen molar-refractivity contribution in [1.82, 2.24) is 0 Å². The molecule has 0 fully saturated rings. The maximum atomic E-state index is 12.2. The predicted molar refractivity (Wildman–Crippen MR) is 67.8 cm³/mol. The molecule has 0 saturated heterocycles. The van der Waals surface area contributed by atoms with Crippen molar-refractivity contribution in [1.29, 1.82) is 0 Å². The first-order valence-electron chi connectivity index (χ1n) is 5.79. The highest BCUT2D eigenvalue weighted by atomic mass is 16.5. The molecular weight excluding hydrogens is 244 g/mol. The highest BCUT2D eigenvalue weighted by Crippen LogP contribution is 2.28. The van der Waals surface area contributed by atoms with Gasteiger partial charge in [-0.25, -0.2) is 4.79 Å². The highest BCUT2D eigenvalue weighted by molar-refractivity contribution is 6.30. The number of carbonyl (C=O) groups excluding carboxylic acids is 2. The minimum atomic E-state index is -0.655. The molecule has 0 atom stereocenters. The van der Waals surface area contributed by atoms with Gasteiger partial charge in [0.05, 0.1) is 5.56 Å². The van der Waals surface area contributed by atoms with Gasteiger partial charge in [-0.1, -0.05) is 12.1 Å². The Kier molecular flexibility index (Phi) is 2.56. The van der Waals surface area contributed by atoms with Crippen LogP contribution in [0, 0.1) is 6.92 Å². The number of Topliss-reactive ketones (excluding diaryl/α,β-unsaturated/α-hetero) is 1. The maximum Gasteiger partial charge on any atom is 0.347 e. The third-order valence-corrected chi connectivity index (χ3v) is 2.85. The van der Waals surface area contributed by atoms with Crippen LogP contribution in [0.5, 0.6) is 5.75 Å². The van der Waals surface area contributed by atoms with Gasteiger partial charge in [0.15, 0.2) is 0 Å². The smallest absolute Gasteiger partial charge is 0.347 e. The number of para-hydroxylation sites is 1. The first-order chi connectivity index (χ1) is 9.15. The Morgan fingerprint density at radius 2 is 1.84 bits per heavy atom. The van der Waals surface area contributed by atoms with E-state index in [1.165, 1.54) is 6.08 Å². The Morgan fingerprint density at radius 1 is 1.05 bits per heavy atom. The molecule has 1 aromatic heterocycles. The van der Waals surface area contributed by atoms with Crippen LogP contribution in [0.4, 0.5) is 0 Å². The predicted octanol–water partition coefficient (Wildman–Crippen LogP) is 2.77. The monoisotopic (exact) mass is 254 g/mol. The lowest BCUT2D eigenvalue weighted by Crippen LogP contribution is -2.24. The van der Waals surface area contributed by atoms with Crippen LogP contribution in [0.1, 0.15) is 21.9 Å². The number of benzene rings is 1. The van der Waals surface area contributed by atoms with Crippen molar-refractivity contribution in [3.8, 4) is 5.75 Å². The van der Waals surface area contributed by atoms with Crippen LogP contribution in [0.3, 0.4) is 0 Å². The maximum absolute atomic E-state index is 12.2. The second-order valence-electron chi connectivity index (χ2n) is 4.22. The largest absolute Gasteiger partial charge is 0.462 e. The van der Waals surface area contributed by atoms with Crippen molar-refractivity contribution in [3.63, 3.8) is 0 Å². The molecule has 4 heteroatoms. The van der Waals surface area contributed by atoms with Crippen LogP contribution in [0.25, 0.3) is 6.08 Å². The molecule has 0 amide bonds.